The molecular formula is C15H22O4. The zero-order chi connectivity index (χ0) is 14.4. The average molecular weight is 266 g/mol. The first-order valence-corrected chi connectivity index (χ1v) is 6.54. The average Bonchev–Trinajstić information content (AvgIpc) is 2.37. The molecule has 1 aromatic rings. The zero-order valence-corrected chi connectivity index (χ0v) is 11.5. The Balaban J connectivity index is 3.00. The molecule has 106 valence electrons. The number of benzene rings is 1. The summed E-state index contributed by atoms with van der Waals surface area (Å²) < 4.78 is 0. The van der Waals surface area contributed by atoms with Crippen LogP contribution in [0.3, 0.4) is 0 Å². The molecule has 2 unspecified atom stereocenters. The van der Waals surface area contributed by atoms with Gasteiger partial charge in [-0.25, -0.2) is 4.79 Å². The van der Waals surface area contributed by atoms with Crippen LogP contribution in [0.4, 0.5) is 0 Å². The molecule has 0 aromatic heterocycles. The highest BCUT2D eigenvalue weighted by atomic mass is 16.4. The van der Waals surface area contributed by atoms with Crippen LogP contribution in [0.15, 0.2) is 18.2 Å². The minimum absolute atomic E-state index is 0.0830. The first-order chi connectivity index (χ1) is 8.96. The Hall–Kier alpha value is -1.39. The Morgan fingerprint density at radius 2 is 1.42 bits per heavy atom. The number of hydrogen-bond acceptors (Lipinski definition) is 3. The number of aromatic carboxylic acids is 1. The number of hydrogen-bond donors (Lipinski definition) is 3. The quantitative estimate of drug-likeness (QED) is 0.702. The van der Waals surface area contributed by atoms with Crippen molar-refractivity contribution in [3.8, 4) is 0 Å². The molecular weight excluding hydrogens is 244 g/mol. The molecule has 3 N–H and O–H groups in total. The molecule has 0 saturated carbocycles. The third-order valence-electron chi connectivity index (χ3n) is 3.09. The highest BCUT2D eigenvalue weighted by molar-refractivity contribution is 5.88. The van der Waals surface area contributed by atoms with Crippen LogP contribution >= 0.6 is 0 Å². The number of carboxylic acid groups (broad SMARTS) is 1. The largest absolute Gasteiger partial charge is 0.478 e. The van der Waals surface area contributed by atoms with E-state index in [-0.39, 0.29) is 30.6 Å². The number of carboxylic acids is 1. The lowest BCUT2D eigenvalue weighted by Crippen LogP contribution is -2.09. The Labute approximate surface area is 113 Å². The number of aliphatic hydroxyl groups is 2. The predicted octanol–water partition coefficient (Wildman–Crippen LogP) is 1.73. The maximum Gasteiger partial charge on any atom is 0.335 e. The Morgan fingerprint density at radius 3 is 1.74 bits per heavy atom. The summed E-state index contributed by atoms with van der Waals surface area (Å²) in [7, 11) is 0. The van der Waals surface area contributed by atoms with Gasteiger partial charge in [0, 0.05) is 13.2 Å². The Bertz CT molecular complexity index is 398. The predicted molar refractivity (Wildman–Crippen MR) is 73.3 cm³/mol. The van der Waals surface area contributed by atoms with Crippen molar-refractivity contribution >= 4 is 5.97 Å². The van der Waals surface area contributed by atoms with Crippen molar-refractivity contribution in [2.75, 3.05) is 13.2 Å². The summed E-state index contributed by atoms with van der Waals surface area (Å²) in [6.07, 6.45) is 1.30. The van der Waals surface area contributed by atoms with E-state index < -0.39 is 5.97 Å². The summed E-state index contributed by atoms with van der Waals surface area (Å²) in [5.41, 5.74) is 2.10. The molecule has 0 bridgehead atoms. The molecule has 0 radical (unpaired) electrons. The van der Waals surface area contributed by atoms with Gasteiger partial charge in [0.25, 0.3) is 0 Å². The van der Waals surface area contributed by atoms with Crippen LogP contribution in [0.25, 0.3) is 0 Å². The molecule has 19 heavy (non-hydrogen) atoms. The molecule has 0 aliphatic carbocycles. The third-order valence-corrected chi connectivity index (χ3v) is 3.09. The van der Waals surface area contributed by atoms with Gasteiger partial charge < -0.3 is 15.3 Å². The van der Waals surface area contributed by atoms with E-state index in [0.717, 1.165) is 11.1 Å². The normalized spacial score (nSPS) is 14.1. The van der Waals surface area contributed by atoms with Crippen LogP contribution in [-0.4, -0.2) is 34.5 Å². The van der Waals surface area contributed by atoms with E-state index in [1.807, 2.05) is 19.9 Å². The first kappa shape index (κ1) is 15.7. The molecule has 0 fully saturated rings. The topological polar surface area (TPSA) is 77.8 Å². The van der Waals surface area contributed by atoms with Crippen molar-refractivity contribution in [1.82, 2.24) is 0 Å². The summed E-state index contributed by atoms with van der Waals surface area (Å²) >= 11 is 0. The fourth-order valence-corrected chi connectivity index (χ4v) is 2.06. The van der Waals surface area contributed by atoms with E-state index in [1.54, 1.807) is 12.1 Å². The van der Waals surface area contributed by atoms with Gasteiger partial charge in [0.2, 0.25) is 0 Å². The van der Waals surface area contributed by atoms with Crippen molar-refractivity contribution in [3.63, 3.8) is 0 Å². The lowest BCUT2D eigenvalue weighted by atomic mass is 9.94. The number of carbonyl (C=O) groups is 1. The maximum absolute atomic E-state index is 11.1. The molecule has 0 aliphatic heterocycles. The second-order valence-electron chi connectivity index (χ2n) is 5.33. The van der Waals surface area contributed by atoms with Crippen molar-refractivity contribution in [3.05, 3.63) is 34.9 Å². The summed E-state index contributed by atoms with van der Waals surface area (Å²) in [5.74, 6) is -0.740. The maximum atomic E-state index is 11.1. The lowest BCUT2D eigenvalue weighted by Gasteiger charge is -2.13. The third kappa shape index (κ3) is 5.01. The molecule has 0 amide bonds. The monoisotopic (exact) mass is 266 g/mol. The SMILES string of the molecule is CC(CO)Cc1cc(CC(C)CO)cc(C(=O)O)c1. The number of aliphatic hydroxyl groups excluding tert-OH is 2. The van der Waals surface area contributed by atoms with Gasteiger partial charge in [-0.3, -0.25) is 0 Å². The summed E-state index contributed by atoms with van der Waals surface area (Å²) in [6, 6.07) is 5.27. The van der Waals surface area contributed by atoms with Gasteiger partial charge in [-0.2, -0.15) is 0 Å². The van der Waals surface area contributed by atoms with E-state index in [4.69, 9.17) is 15.3 Å². The highest BCUT2D eigenvalue weighted by Crippen LogP contribution is 2.17. The minimum atomic E-state index is -0.948. The van der Waals surface area contributed by atoms with Crippen molar-refractivity contribution in [1.29, 1.82) is 0 Å². The standard InChI is InChI=1S/C15H22O4/c1-10(8-16)3-12-5-13(4-11(2)9-17)7-14(6-12)15(18)19/h5-7,10-11,16-17H,3-4,8-9H2,1-2H3,(H,18,19). The zero-order valence-electron chi connectivity index (χ0n) is 11.5. The van der Waals surface area contributed by atoms with Gasteiger partial charge in [0.1, 0.15) is 0 Å². The van der Waals surface area contributed by atoms with E-state index >= 15 is 0 Å². The second kappa shape index (κ2) is 7.26. The lowest BCUT2D eigenvalue weighted by molar-refractivity contribution is 0.0696. The van der Waals surface area contributed by atoms with E-state index in [2.05, 4.69) is 0 Å². The van der Waals surface area contributed by atoms with Gasteiger partial charge in [-0.1, -0.05) is 19.9 Å². The van der Waals surface area contributed by atoms with E-state index in [0.29, 0.717) is 12.8 Å². The van der Waals surface area contributed by atoms with Crippen molar-refractivity contribution in [2.45, 2.75) is 26.7 Å². The molecule has 0 heterocycles. The summed E-state index contributed by atoms with van der Waals surface area (Å²) in [4.78, 5) is 11.1. The molecule has 4 nitrogen and oxygen atoms in total. The van der Waals surface area contributed by atoms with Crippen LogP contribution in [0.1, 0.15) is 35.3 Å². The first-order valence-electron chi connectivity index (χ1n) is 6.54. The van der Waals surface area contributed by atoms with E-state index in [1.165, 1.54) is 0 Å². The van der Waals surface area contributed by atoms with Gasteiger partial charge in [-0.05, 0) is 47.9 Å². The molecule has 0 spiro atoms. The van der Waals surface area contributed by atoms with Crippen molar-refractivity contribution in [2.24, 2.45) is 11.8 Å². The minimum Gasteiger partial charge on any atom is -0.478 e. The van der Waals surface area contributed by atoms with Crippen LogP contribution < -0.4 is 0 Å². The van der Waals surface area contributed by atoms with Gasteiger partial charge in [-0.15, -0.1) is 0 Å². The van der Waals surface area contributed by atoms with Gasteiger partial charge in [0.05, 0.1) is 5.56 Å². The Kier molecular flexibility index (Phi) is 5.99. The summed E-state index contributed by atoms with van der Waals surface area (Å²) in [5, 5.41) is 27.3. The summed E-state index contributed by atoms with van der Waals surface area (Å²) in [6.45, 7) is 4.01. The molecule has 1 aromatic carbocycles. The fourth-order valence-electron chi connectivity index (χ4n) is 2.06. The van der Waals surface area contributed by atoms with Crippen LogP contribution in [0, 0.1) is 11.8 Å². The smallest absolute Gasteiger partial charge is 0.335 e. The fraction of sp³-hybridized carbons (Fsp3) is 0.533. The van der Waals surface area contributed by atoms with Crippen LogP contribution in [-0.2, 0) is 12.8 Å². The van der Waals surface area contributed by atoms with Crippen LogP contribution in [0.2, 0.25) is 0 Å². The second-order valence-corrected chi connectivity index (χ2v) is 5.33. The number of rotatable bonds is 7. The Morgan fingerprint density at radius 1 is 1.00 bits per heavy atom. The van der Waals surface area contributed by atoms with Crippen LogP contribution in [0.5, 0.6) is 0 Å². The highest BCUT2D eigenvalue weighted by Gasteiger charge is 2.11. The van der Waals surface area contributed by atoms with Gasteiger partial charge in [0.15, 0.2) is 0 Å². The molecule has 0 saturated heterocycles. The van der Waals surface area contributed by atoms with Gasteiger partial charge >= 0.3 is 5.97 Å². The molecule has 0 aliphatic rings. The molecule has 4 heteroatoms. The van der Waals surface area contributed by atoms with Crippen molar-refractivity contribution < 1.29 is 20.1 Å². The molecule has 1 rings (SSSR count). The molecule has 2 atom stereocenters. The van der Waals surface area contributed by atoms with E-state index in [9.17, 15) is 4.79 Å².